The fourth-order valence-corrected chi connectivity index (χ4v) is 1.42. The molecule has 1 aromatic carbocycles. The third kappa shape index (κ3) is 1.86. The van der Waals surface area contributed by atoms with Gasteiger partial charge in [-0.3, -0.25) is 4.98 Å². The van der Waals surface area contributed by atoms with Crippen molar-refractivity contribution >= 4 is 17.3 Å². The van der Waals surface area contributed by atoms with Crippen molar-refractivity contribution in [2.24, 2.45) is 0 Å². The van der Waals surface area contributed by atoms with Gasteiger partial charge < -0.3 is 5.73 Å². The lowest BCUT2D eigenvalue weighted by atomic mass is 10.1. The van der Waals surface area contributed by atoms with Gasteiger partial charge in [0, 0.05) is 22.5 Å². The molecular formula is C11H9ClN2. The van der Waals surface area contributed by atoms with E-state index in [0.29, 0.717) is 5.02 Å². The van der Waals surface area contributed by atoms with Gasteiger partial charge in [-0.1, -0.05) is 23.7 Å². The molecule has 0 bridgehead atoms. The van der Waals surface area contributed by atoms with Crippen LogP contribution in [-0.4, -0.2) is 4.98 Å². The van der Waals surface area contributed by atoms with Gasteiger partial charge in [-0.05, 0) is 24.3 Å². The van der Waals surface area contributed by atoms with Gasteiger partial charge in [0.1, 0.15) is 0 Å². The minimum absolute atomic E-state index is 0.678. The number of anilines is 1. The number of hydrogen-bond donors (Lipinski definition) is 1. The summed E-state index contributed by atoms with van der Waals surface area (Å²) in [5.41, 5.74) is 8.22. The molecule has 0 spiro atoms. The zero-order valence-corrected chi connectivity index (χ0v) is 8.20. The fourth-order valence-electron chi connectivity index (χ4n) is 1.26. The standard InChI is InChI=1S/C11H9ClN2/c12-9-4-5-14-11(7-9)8-2-1-3-10(13)6-8/h1-7H,13H2. The van der Waals surface area contributed by atoms with E-state index in [-0.39, 0.29) is 0 Å². The highest BCUT2D eigenvalue weighted by molar-refractivity contribution is 6.30. The first kappa shape index (κ1) is 9.03. The van der Waals surface area contributed by atoms with Crippen LogP contribution < -0.4 is 5.73 Å². The van der Waals surface area contributed by atoms with Crippen LogP contribution in [0.5, 0.6) is 0 Å². The van der Waals surface area contributed by atoms with Gasteiger partial charge in [0.05, 0.1) is 5.69 Å². The molecule has 0 aliphatic heterocycles. The summed E-state index contributed by atoms with van der Waals surface area (Å²) in [6.07, 6.45) is 1.68. The Morgan fingerprint density at radius 1 is 1.14 bits per heavy atom. The van der Waals surface area contributed by atoms with Crippen LogP contribution in [0.1, 0.15) is 0 Å². The van der Waals surface area contributed by atoms with E-state index in [1.165, 1.54) is 0 Å². The second-order valence-corrected chi connectivity index (χ2v) is 3.42. The number of nitrogens with two attached hydrogens (primary N) is 1. The summed E-state index contributed by atoms with van der Waals surface area (Å²) >= 11 is 5.86. The lowest BCUT2D eigenvalue weighted by Gasteiger charge is -2.01. The third-order valence-corrected chi connectivity index (χ3v) is 2.14. The van der Waals surface area contributed by atoms with Crippen LogP contribution in [0.25, 0.3) is 11.3 Å². The monoisotopic (exact) mass is 204 g/mol. The molecule has 14 heavy (non-hydrogen) atoms. The SMILES string of the molecule is Nc1cccc(-c2cc(Cl)ccn2)c1. The number of pyridine rings is 1. The van der Waals surface area contributed by atoms with Crippen LogP contribution in [0.3, 0.4) is 0 Å². The minimum Gasteiger partial charge on any atom is -0.399 e. The van der Waals surface area contributed by atoms with Crippen LogP contribution in [0.2, 0.25) is 5.02 Å². The molecule has 0 fully saturated rings. The summed E-state index contributed by atoms with van der Waals surface area (Å²) in [6, 6.07) is 11.1. The molecule has 0 amide bonds. The number of nitrogen functional groups attached to an aromatic ring is 1. The molecule has 0 aliphatic rings. The Morgan fingerprint density at radius 2 is 2.00 bits per heavy atom. The van der Waals surface area contributed by atoms with E-state index in [0.717, 1.165) is 16.9 Å². The van der Waals surface area contributed by atoms with Crippen LogP contribution in [0, 0.1) is 0 Å². The summed E-state index contributed by atoms with van der Waals surface area (Å²) in [4.78, 5) is 4.21. The first-order valence-corrected chi connectivity index (χ1v) is 4.61. The van der Waals surface area contributed by atoms with E-state index in [1.807, 2.05) is 30.3 Å². The van der Waals surface area contributed by atoms with Crippen LogP contribution in [0.4, 0.5) is 5.69 Å². The topological polar surface area (TPSA) is 38.9 Å². The zero-order valence-electron chi connectivity index (χ0n) is 7.44. The van der Waals surface area contributed by atoms with Crippen molar-refractivity contribution in [2.45, 2.75) is 0 Å². The molecule has 1 heterocycles. The van der Waals surface area contributed by atoms with Crippen molar-refractivity contribution in [3.8, 4) is 11.3 Å². The van der Waals surface area contributed by atoms with Gasteiger partial charge in [-0.25, -0.2) is 0 Å². The number of hydrogen-bond acceptors (Lipinski definition) is 2. The summed E-state index contributed by atoms with van der Waals surface area (Å²) in [5.74, 6) is 0. The molecule has 0 saturated heterocycles. The average Bonchev–Trinajstić information content (AvgIpc) is 2.18. The molecule has 2 aromatic rings. The Balaban J connectivity index is 2.49. The van der Waals surface area contributed by atoms with Gasteiger partial charge >= 0.3 is 0 Å². The van der Waals surface area contributed by atoms with E-state index in [4.69, 9.17) is 17.3 Å². The quantitative estimate of drug-likeness (QED) is 0.726. The lowest BCUT2D eigenvalue weighted by Crippen LogP contribution is -1.86. The lowest BCUT2D eigenvalue weighted by molar-refractivity contribution is 1.33. The number of halogens is 1. The van der Waals surface area contributed by atoms with Crippen LogP contribution in [-0.2, 0) is 0 Å². The van der Waals surface area contributed by atoms with Crippen molar-refractivity contribution in [3.63, 3.8) is 0 Å². The Bertz CT molecular complexity index is 411. The molecule has 0 unspecified atom stereocenters. The zero-order chi connectivity index (χ0) is 9.97. The smallest absolute Gasteiger partial charge is 0.0717 e. The maximum Gasteiger partial charge on any atom is 0.0717 e. The summed E-state index contributed by atoms with van der Waals surface area (Å²) in [7, 11) is 0. The van der Waals surface area contributed by atoms with Gasteiger partial charge in [-0.15, -0.1) is 0 Å². The molecule has 0 aliphatic carbocycles. The fraction of sp³-hybridized carbons (Fsp3) is 0. The highest BCUT2D eigenvalue weighted by Crippen LogP contribution is 2.21. The molecule has 0 atom stereocenters. The van der Waals surface area contributed by atoms with Gasteiger partial charge in [0.25, 0.3) is 0 Å². The first-order chi connectivity index (χ1) is 6.75. The second kappa shape index (κ2) is 3.68. The van der Waals surface area contributed by atoms with E-state index < -0.39 is 0 Å². The number of rotatable bonds is 1. The van der Waals surface area contributed by atoms with Gasteiger partial charge in [0.15, 0.2) is 0 Å². The second-order valence-electron chi connectivity index (χ2n) is 2.98. The summed E-state index contributed by atoms with van der Waals surface area (Å²) in [6.45, 7) is 0. The number of aromatic nitrogens is 1. The predicted molar refractivity (Wildman–Crippen MR) is 59.1 cm³/mol. The minimum atomic E-state index is 0.678. The van der Waals surface area contributed by atoms with E-state index in [2.05, 4.69) is 4.98 Å². The van der Waals surface area contributed by atoms with Crippen molar-refractivity contribution in [1.82, 2.24) is 4.98 Å². The molecule has 0 radical (unpaired) electrons. The van der Waals surface area contributed by atoms with Gasteiger partial charge in [-0.2, -0.15) is 0 Å². The molecule has 2 N–H and O–H groups in total. The van der Waals surface area contributed by atoms with E-state index in [1.54, 1.807) is 12.3 Å². The summed E-state index contributed by atoms with van der Waals surface area (Å²) < 4.78 is 0. The van der Waals surface area contributed by atoms with Gasteiger partial charge in [0.2, 0.25) is 0 Å². The molecule has 1 aromatic heterocycles. The Labute approximate surface area is 87.4 Å². The molecule has 0 saturated carbocycles. The van der Waals surface area contributed by atoms with Crippen LogP contribution >= 0.6 is 11.6 Å². The summed E-state index contributed by atoms with van der Waals surface area (Å²) in [5, 5.41) is 0.678. The van der Waals surface area contributed by atoms with Crippen molar-refractivity contribution in [3.05, 3.63) is 47.6 Å². The van der Waals surface area contributed by atoms with E-state index in [9.17, 15) is 0 Å². The highest BCUT2D eigenvalue weighted by Gasteiger charge is 1.99. The Morgan fingerprint density at radius 3 is 2.71 bits per heavy atom. The number of benzene rings is 1. The first-order valence-electron chi connectivity index (χ1n) is 4.23. The van der Waals surface area contributed by atoms with Crippen molar-refractivity contribution in [2.75, 3.05) is 5.73 Å². The van der Waals surface area contributed by atoms with E-state index >= 15 is 0 Å². The predicted octanol–water partition coefficient (Wildman–Crippen LogP) is 2.98. The highest BCUT2D eigenvalue weighted by atomic mass is 35.5. The molecular weight excluding hydrogens is 196 g/mol. The Kier molecular flexibility index (Phi) is 2.37. The average molecular weight is 205 g/mol. The molecule has 70 valence electrons. The third-order valence-electron chi connectivity index (χ3n) is 1.90. The largest absolute Gasteiger partial charge is 0.399 e. The maximum atomic E-state index is 5.86. The molecule has 2 nitrogen and oxygen atoms in total. The number of nitrogens with zero attached hydrogens (tertiary/aromatic N) is 1. The molecule has 3 heteroatoms. The van der Waals surface area contributed by atoms with Crippen LogP contribution in [0.15, 0.2) is 42.6 Å². The Hall–Kier alpha value is -1.54. The molecule has 2 rings (SSSR count). The normalized spacial score (nSPS) is 10.1. The van der Waals surface area contributed by atoms with Crippen molar-refractivity contribution < 1.29 is 0 Å². The maximum absolute atomic E-state index is 5.86. The van der Waals surface area contributed by atoms with Crippen molar-refractivity contribution in [1.29, 1.82) is 0 Å².